The Kier molecular flexibility index (Phi) is 3.32. The van der Waals surface area contributed by atoms with Crippen LogP contribution in [0.2, 0.25) is 0 Å². The number of para-hydroxylation sites is 2. The molecular formula is C16H17FN2O. The zero-order valence-corrected chi connectivity index (χ0v) is 11.4. The third-order valence-electron chi connectivity index (χ3n) is 3.68. The topological polar surface area (TPSA) is 26.7 Å². The summed E-state index contributed by atoms with van der Waals surface area (Å²) >= 11 is 0. The van der Waals surface area contributed by atoms with Gasteiger partial charge in [-0.2, -0.15) is 0 Å². The van der Waals surface area contributed by atoms with Gasteiger partial charge >= 0.3 is 0 Å². The predicted molar refractivity (Wildman–Crippen MR) is 79.0 cm³/mol. The molecule has 1 heterocycles. The molecule has 0 aliphatic carbocycles. The van der Waals surface area contributed by atoms with Crippen molar-refractivity contribution in [2.24, 2.45) is 0 Å². The largest absolute Gasteiger partial charge is 0.392 e. The molecule has 4 heteroatoms. The number of likely N-dealkylation sites (N-methyl/N-ethyl adjacent to an activating group) is 1. The van der Waals surface area contributed by atoms with E-state index in [0.717, 1.165) is 30.2 Å². The number of halogens is 1. The highest BCUT2D eigenvalue weighted by Gasteiger charge is 2.21. The molecule has 0 atom stereocenters. The fourth-order valence-electron chi connectivity index (χ4n) is 2.65. The lowest BCUT2D eigenvalue weighted by Gasteiger charge is -2.37. The zero-order chi connectivity index (χ0) is 14.1. The molecule has 3 nitrogen and oxygen atoms in total. The van der Waals surface area contributed by atoms with Crippen LogP contribution < -0.4 is 9.80 Å². The quantitative estimate of drug-likeness (QED) is 0.910. The van der Waals surface area contributed by atoms with Gasteiger partial charge in [-0.15, -0.1) is 0 Å². The van der Waals surface area contributed by atoms with Gasteiger partial charge in [0.1, 0.15) is 5.82 Å². The van der Waals surface area contributed by atoms with Crippen molar-refractivity contribution in [3.8, 4) is 0 Å². The van der Waals surface area contributed by atoms with E-state index in [1.54, 1.807) is 0 Å². The SMILES string of the molecule is CN1CCN(c2cc(F)cc(CO)c2)c2ccccc21. The minimum Gasteiger partial charge on any atom is -0.392 e. The van der Waals surface area contributed by atoms with E-state index in [9.17, 15) is 9.50 Å². The van der Waals surface area contributed by atoms with Crippen molar-refractivity contribution in [1.82, 2.24) is 0 Å². The minimum absolute atomic E-state index is 0.153. The molecule has 2 aromatic carbocycles. The first-order chi connectivity index (χ1) is 9.69. The number of nitrogens with zero attached hydrogens (tertiary/aromatic N) is 2. The van der Waals surface area contributed by atoms with E-state index in [4.69, 9.17) is 0 Å². The van der Waals surface area contributed by atoms with Crippen LogP contribution in [0.1, 0.15) is 5.56 Å². The van der Waals surface area contributed by atoms with Crippen molar-refractivity contribution in [2.45, 2.75) is 6.61 Å². The number of aliphatic hydroxyl groups is 1. The van der Waals surface area contributed by atoms with Crippen LogP contribution in [-0.2, 0) is 6.61 Å². The maximum Gasteiger partial charge on any atom is 0.125 e. The monoisotopic (exact) mass is 272 g/mol. The van der Waals surface area contributed by atoms with Crippen LogP contribution in [0.25, 0.3) is 0 Å². The molecule has 0 radical (unpaired) electrons. The Hall–Kier alpha value is -2.07. The van der Waals surface area contributed by atoms with Gasteiger partial charge in [-0.05, 0) is 35.9 Å². The second kappa shape index (κ2) is 5.13. The number of hydrogen-bond donors (Lipinski definition) is 1. The number of anilines is 3. The zero-order valence-electron chi connectivity index (χ0n) is 11.4. The molecule has 0 unspecified atom stereocenters. The van der Waals surface area contributed by atoms with Crippen LogP contribution in [0.4, 0.5) is 21.5 Å². The third kappa shape index (κ3) is 2.23. The lowest BCUT2D eigenvalue weighted by Crippen LogP contribution is -2.36. The van der Waals surface area contributed by atoms with Gasteiger partial charge in [-0.1, -0.05) is 12.1 Å². The second-order valence-corrected chi connectivity index (χ2v) is 5.04. The molecule has 104 valence electrons. The second-order valence-electron chi connectivity index (χ2n) is 5.04. The van der Waals surface area contributed by atoms with Crippen molar-refractivity contribution >= 4 is 17.1 Å². The summed E-state index contributed by atoms with van der Waals surface area (Å²) in [6, 6.07) is 12.8. The summed E-state index contributed by atoms with van der Waals surface area (Å²) < 4.78 is 13.7. The van der Waals surface area contributed by atoms with Gasteiger partial charge in [-0.3, -0.25) is 0 Å². The highest BCUT2D eigenvalue weighted by Crippen LogP contribution is 2.37. The molecule has 0 amide bonds. The Bertz CT molecular complexity index is 630. The Morgan fingerprint density at radius 3 is 2.60 bits per heavy atom. The first-order valence-electron chi connectivity index (χ1n) is 6.67. The van der Waals surface area contributed by atoms with E-state index in [0.29, 0.717) is 5.56 Å². The maximum absolute atomic E-state index is 13.7. The van der Waals surface area contributed by atoms with E-state index in [1.165, 1.54) is 12.1 Å². The third-order valence-corrected chi connectivity index (χ3v) is 3.68. The van der Waals surface area contributed by atoms with Crippen molar-refractivity contribution in [1.29, 1.82) is 0 Å². The van der Waals surface area contributed by atoms with Gasteiger partial charge in [0.05, 0.1) is 18.0 Å². The molecule has 2 aromatic rings. The van der Waals surface area contributed by atoms with Crippen molar-refractivity contribution in [3.63, 3.8) is 0 Å². The minimum atomic E-state index is -0.317. The number of aliphatic hydroxyl groups excluding tert-OH is 1. The van der Waals surface area contributed by atoms with Crippen molar-refractivity contribution in [2.75, 3.05) is 29.9 Å². The van der Waals surface area contributed by atoms with E-state index < -0.39 is 0 Å². The van der Waals surface area contributed by atoms with Crippen LogP contribution in [-0.4, -0.2) is 25.2 Å². The smallest absolute Gasteiger partial charge is 0.125 e. The van der Waals surface area contributed by atoms with Gasteiger partial charge in [0.25, 0.3) is 0 Å². The predicted octanol–water partition coefficient (Wildman–Crippen LogP) is 2.91. The lowest BCUT2D eigenvalue weighted by molar-refractivity contribution is 0.281. The Morgan fingerprint density at radius 1 is 1.10 bits per heavy atom. The Balaban J connectivity index is 2.07. The van der Waals surface area contributed by atoms with E-state index in [1.807, 2.05) is 24.3 Å². The molecular weight excluding hydrogens is 255 g/mol. The van der Waals surface area contributed by atoms with Crippen LogP contribution >= 0.6 is 0 Å². The van der Waals surface area contributed by atoms with Crippen LogP contribution in [0.5, 0.6) is 0 Å². The van der Waals surface area contributed by atoms with Gasteiger partial charge in [0.2, 0.25) is 0 Å². The maximum atomic E-state index is 13.7. The molecule has 0 saturated heterocycles. The van der Waals surface area contributed by atoms with Gasteiger partial charge in [0.15, 0.2) is 0 Å². The highest BCUT2D eigenvalue weighted by atomic mass is 19.1. The first-order valence-corrected chi connectivity index (χ1v) is 6.67. The fourth-order valence-corrected chi connectivity index (χ4v) is 2.65. The molecule has 20 heavy (non-hydrogen) atoms. The van der Waals surface area contributed by atoms with E-state index in [2.05, 4.69) is 22.9 Å². The average Bonchev–Trinajstić information content (AvgIpc) is 2.47. The number of hydrogen-bond acceptors (Lipinski definition) is 3. The standard InChI is InChI=1S/C16H17FN2O/c1-18-6-7-19(16-5-3-2-4-15(16)18)14-9-12(11-20)8-13(17)10-14/h2-5,8-10,20H,6-7,11H2,1H3. The van der Waals surface area contributed by atoms with E-state index in [-0.39, 0.29) is 12.4 Å². The molecule has 0 fully saturated rings. The summed E-state index contributed by atoms with van der Waals surface area (Å²) in [5.74, 6) is -0.317. The molecule has 0 bridgehead atoms. The van der Waals surface area contributed by atoms with Crippen molar-refractivity contribution in [3.05, 3.63) is 53.8 Å². The summed E-state index contributed by atoms with van der Waals surface area (Å²) in [7, 11) is 2.06. The average molecular weight is 272 g/mol. The van der Waals surface area contributed by atoms with Crippen LogP contribution in [0.15, 0.2) is 42.5 Å². The summed E-state index contributed by atoms with van der Waals surface area (Å²) in [5.41, 5.74) is 3.58. The van der Waals surface area contributed by atoms with Crippen LogP contribution in [0, 0.1) is 5.82 Å². The number of rotatable bonds is 2. The molecule has 1 aliphatic heterocycles. The summed E-state index contributed by atoms with van der Waals surface area (Å²) in [5, 5.41) is 9.23. The fraction of sp³-hybridized carbons (Fsp3) is 0.250. The lowest BCUT2D eigenvalue weighted by atomic mass is 10.1. The molecule has 3 rings (SSSR count). The van der Waals surface area contributed by atoms with Gasteiger partial charge in [0, 0.05) is 25.8 Å². The summed E-state index contributed by atoms with van der Waals surface area (Å²) in [6.45, 7) is 1.52. The molecule has 0 saturated carbocycles. The summed E-state index contributed by atoms with van der Waals surface area (Å²) in [4.78, 5) is 4.29. The normalized spacial score (nSPS) is 14.3. The van der Waals surface area contributed by atoms with Crippen LogP contribution in [0.3, 0.4) is 0 Å². The summed E-state index contributed by atoms with van der Waals surface area (Å²) in [6.07, 6.45) is 0. The van der Waals surface area contributed by atoms with Gasteiger partial charge in [-0.25, -0.2) is 4.39 Å². The van der Waals surface area contributed by atoms with E-state index >= 15 is 0 Å². The molecule has 1 aliphatic rings. The number of fused-ring (bicyclic) bond motifs is 1. The highest BCUT2D eigenvalue weighted by molar-refractivity contribution is 5.79. The van der Waals surface area contributed by atoms with Gasteiger partial charge < -0.3 is 14.9 Å². The van der Waals surface area contributed by atoms with Crippen molar-refractivity contribution < 1.29 is 9.50 Å². The first kappa shape index (κ1) is 12.9. The number of benzene rings is 2. The molecule has 0 aromatic heterocycles. The molecule has 0 spiro atoms. The Morgan fingerprint density at radius 2 is 1.85 bits per heavy atom. The molecule has 1 N–H and O–H groups in total. The Labute approximate surface area is 117 Å².